The highest BCUT2D eigenvalue weighted by Gasteiger charge is 2.32. The Labute approximate surface area is 194 Å². The number of hydrogen-bond donors (Lipinski definition) is 0. The Morgan fingerprint density at radius 1 is 0.562 bits per heavy atom. The monoisotopic (exact) mass is 429 g/mol. The van der Waals surface area contributed by atoms with Crippen molar-refractivity contribution in [2.24, 2.45) is 10.8 Å². The van der Waals surface area contributed by atoms with E-state index in [2.05, 4.69) is 92.9 Å². The van der Waals surface area contributed by atoms with Gasteiger partial charge in [-0.3, -0.25) is 15.0 Å². The van der Waals surface area contributed by atoms with Gasteiger partial charge in [0.25, 0.3) is 0 Å². The summed E-state index contributed by atoms with van der Waals surface area (Å²) in [6.45, 7) is 14.1. The minimum atomic E-state index is 0.156. The lowest BCUT2D eigenvalue weighted by atomic mass is 9.68. The van der Waals surface area contributed by atoms with Crippen LogP contribution >= 0.6 is 0 Å². The Kier molecular flexibility index (Phi) is 7.82. The number of hydrogen-bond acceptors (Lipinski definition) is 3. The van der Waals surface area contributed by atoms with Crippen LogP contribution in [0.25, 0.3) is 0 Å². The van der Waals surface area contributed by atoms with Crippen LogP contribution in [-0.2, 0) is 0 Å². The third-order valence-corrected chi connectivity index (χ3v) is 6.46. The van der Waals surface area contributed by atoms with Crippen molar-refractivity contribution in [3.63, 3.8) is 0 Å². The average molecular weight is 430 g/mol. The maximum Gasteiger partial charge on any atom is 0.0270 e. The molecule has 3 aromatic rings. The van der Waals surface area contributed by atoms with E-state index in [1.807, 2.05) is 37.2 Å². The van der Waals surface area contributed by atoms with E-state index in [0.29, 0.717) is 17.8 Å². The van der Waals surface area contributed by atoms with Crippen LogP contribution < -0.4 is 0 Å². The SMILES string of the molecule is CC(C)(C)CC(CC(CC(c1ccncc1)C(C)(C)C)c1ccncc1)c1ccncc1. The van der Waals surface area contributed by atoms with E-state index >= 15 is 0 Å². The normalized spacial score (nSPS) is 15.2. The van der Waals surface area contributed by atoms with E-state index in [1.54, 1.807) is 0 Å². The van der Waals surface area contributed by atoms with Crippen molar-refractivity contribution in [3.8, 4) is 0 Å². The molecule has 3 rings (SSSR count). The van der Waals surface area contributed by atoms with Crippen LogP contribution in [0.2, 0.25) is 0 Å². The Morgan fingerprint density at radius 3 is 1.38 bits per heavy atom. The topological polar surface area (TPSA) is 38.7 Å². The predicted molar refractivity (Wildman–Crippen MR) is 134 cm³/mol. The Morgan fingerprint density at radius 2 is 0.969 bits per heavy atom. The maximum atomic E-state index is 4.29. The molecule has 0 spiro atoms. The molecule has 3 unspecified atom stereocenters. The average Bonchev–Trinajstić information content (AvgIpc) is 2.76. The second-order valence-corrected chi connectivity index (χ2v) is 11.4. The Hall–Kier alpha value is -2.55. The van der Waals surface area contributed by atoms with Gasteiger partial charge in [0.2, 0.25) is 0 Å². The number of nitrogens with zero attached hydrogens (tertiary/aromatic N) is 3. The molecule has 32 heavy (non-hydrogen) atoms. The summed E-state index contributed by atoms with van der Waals surface area (Å²) in [5, 5.41) is 0. The summed E-state index contributed by atoms with van der Waals surface area (Å²) in [7, 11) is 0. The van der Waals surface area contributed by atoms with Crippen LogP contribution in [0, 0.1) is 10.8 Å². The van der Waals surface area contributed by atoms with Gasteiger partial charge in [0.15, 0.2) is 0 Å². The summed E-state index contributed by atoms with van der Waals surface area (Å²) in [5.74, 6) is 1.36. The second-order valence-electron chi connectivity index (χ2n) is 11.4. The van der Waals surface area contributed by atoms with Crippen molar-refractivity contribution in [2.75, 3.05) is 0 Å². The maximum absolute atomic E-state index is 4.29. The van der Waals surface area contributed by atoms with Crippen LogP contribution in [0.4, 0.5) is 0 Å². The fourth-order valence-electron chi connectivity index (χ4n) is 4.93. The van der Waals surface area contributed by atoms with Gasteiger partial charge >= 0.3 is 0 Å². The van der Waals surface area contributed by atoms with Gasteiger partial charge in [-0.2, -0.15) is 0 Å². The van der Waals surface area contributed by atoms with Crippen molar-refractivity contribution < 1.29 is 0 Å². The fourth-order valence-corrected chi connectivity index (χ4v) is 4.93. The third-order valence-electron chi connectivity index (χ3n) is 6.46. The molecule has 3 atom stereocenters. The molecule has 0 aliphatic heterocycles. The molecule has 3 nitrogen and oxygen atoms in total. The van der Waals surface area contributed by atoms with E-state index in [9.17, 15) is 0 Å². The Balaban J connectivity index is 1.98. The lowest BCUT2D eigenvalue weighted by Crippen LogP contribution is -2.23. The summed E-state index contributed by atoms with van der Waals surface area (Å²) in [5.41, 5.74) is 4.57. The van der Waals surface area contributed by atoms with Crippen LogP contribution in [0.3, 0.4) is 0 Å². The second kappa shape index (κ2) is 10.4. The Bertz CT molecular complexity index is 925. The fraction of sp³-hybridized carbons (Fsp3) is 0.483. The van der Waals surface area contributed by atoms with E-state index in [0.717, 1.165) is 19.3 Å². The zero-order chi connectivity index (χ0) is 23.2. The first kappa shape index (κ1) is 24.1. The minimum absolute atomic E-state index is 0.156. The molecule has 0 bridgehead atoms. The van der Waals surface area contributed by atoms with Crippen LogP contribution in [0.1, 0.15) is 95.2 Å². The molecule has 3 heteroatoms. The highest BCUT2D eigenvalue weighted by Crippen LogP contribution is 2.46. The van der Waals surface area contributed by atoms with E-state index in [1.165, 1.54) is 16.7 Å². The summed E-state index contributed by atoms with van der Waals surface area (Å²) in [4.78, 5) is 12.8. The van der Waals surface area contributed by atoms with Gasteiger partial charge in [-0.25, -0.2) is 0 Å². The molecule has 0 radical (unpaired) electrons. The van der Waals surface area contributed by atoms with Gasteiger partial charge in [0.05, 0.1) is 0 Å². The van der Waals surface area contributed by atoms with Crippen molar-refractivity contribution in [2.45, 2.75) is 78.6 Å². The van der Waals surface area contributed by atoms with Gasteiger partial charge < -0.3 is 0 Å². The van der Waals surface area contributed by atoms with Crippen LogP contribution in [0.15, 0.2) is 73.6 Å². The first-order valence-corrected chi connectivity index (χ1v) is 11.8. The van der Waals surface area contributed by atoms with Gasteiger partial charge in [0, 0.05) is 37.2 Å². The predicted octanol–water partition coefficient (Wildman–Crippen LogP) is 7.79. The van der Waals surface area contributed by atoms with E-state index in [4.69, 9.17) is 0 Å². The zero-order valence-electron chi connectivity index (χ0n) is 20.6. The molecular formula is C29H39N3. The van der Waals surface area contributed by atoms with Gasteiger partial charge in [0.1, 0.15) is 0 Å². The first-order chi connectivity index (χ1) is 15.1. The molecule has 170 valence electrons. The zero-order valence-corrected chi connectivity index (χ0v) is 20.6. The number of aromatic nitrogens is 3. The van der Waals surface area contributed by atoms with Crippen molar-refractivity contribution >= 4 is 0 Å². The largest absolute Gasteiger partial charge is 0.265 e. The smallest absolute Gasteiger partial charge is 0.0270 e. The lowest BCUT2D eigenvalue weighted by Gasteiger charge is -2.36. The van der Waals surface area contributed by atoms with Gasteiger partial charge in [-0.1, -0.05) is 41.5 Å². The van der Waals surface area contributed by atoms with Crippen LogP contribution in [0.5, 0.6) is 0 Å². The number of rotatable bonds is 8. The molecule has 0 saturated carbocycles. The van der Waals surface area contributed by atoms with E-state index in [-0.39, 0.29) is 10.8 Å². The summed E-state index contributed by atoms with van der Waals surface area (Å²) in [6, 6.07) is 13.2. The van der Waals surface area contributed by atoms with Gasteiger partial charge in [-0.15, -0.1) is 0 Å². The lowest BCUT2D eigenvalue weighted by molar-refractivity contribution is 0.268. The molecular weight excluding hydrogens is 390 g/mol. The summed E-state index contributed by atoms with van der Waals surface area (Å²) < 4.78 is 0. The standard InChI is InChI=1S/C29H39N3/c1-28(2,3)21-26(23-9-15-31-16-10-23)19-25(22-7-13-30-14-8-22)20-27(29(4,5)6)24-11-17-32-18-12-24/h7-18,25-27H,19-21H2,1-6H3. The van der Waals surface area contributed by atoms with Gasteiger partial charge in [-0.05, 0) is 101 Å². The third kappa shape index (κ3) is 6.98. The van der Waals surface area contributed by atoms with Crippen molar-refractivity contribution in [1.82, 2.24) is 15.0 Å². The molecule has 3 heterocycles. The molecule has 0 N–H and O–H groups in total. The van der Waals surface area contributed by atoms with E-state index < -0.39 is 0 Å². The highest BCUT2D eigenvalue weighted by atomic mass is 14.6. The summed E-state index contributed by atoms with van der Waals surface area (Å²) >= 11 is 0. The summed E-state index contributed by atoms with van der Waals surface area (Å²) in [6.07, 6.45) is 14.9. The minimum Gasteiger partial charge on any atom is -0.265 e. The molecule has 0 fully saturated rings. The quantitative estimate of drug-likeness (QED) is 0.367. The molecule has 0 aliphatic rings. The first-order valence-electron chi connectivity index (χ1n) is 11.8. The molecule has 0 saturated heterocycles. The van der Waals surface area contributed by atoms with Crippen molar-refractivity contribution in [1.29, 1.82) is 0 Å². The number of pyridine rings is 3. The molecule has 0 amide bonds. The van der Waals surface area contributed by atoms with Crippen LogP contribution in [-0.4, -0.2) is 15.0 Å². The molecule has 0 aliphatic carbocycles. The van der Waals surface area contributed by atoms with Crippen molar-refractivity contribution in [3.05, 3.63) is 90.3 Å². The molecule has 0 aromatic carbocycles. The molecule has 3 aromatic heterocycles. The highest BCUT2D eigenvalue weighted by molar-refractivity contribution is 5.25.